The second kappa shape index (κ2) is 7.74. The summed E-state index contributed by atoms with van der Waals surface area (Å²) in [5.74, 6) is 1.41. The van der Waals surface area contributed by atoms with Crippen LogP contribution in [0.3, 0.4) is 0 Å². The minimum Gasteiger partial charge on any atom is -0.497 e. The van der Waals surface area contributed by atoms with Gasteiger partial charge in [-0.2, -0.15) is 0 Å². The van der Waals surface area contributed by atoms with Crippen LogP contribution in [0.2, 0.25) is 0 Å². The number of ether oxygens (including phenoxy) is 1. The molecule has 0 atom stereocenters. The quantitative estimate of drug-likeness (QED) is 0.765. The molecule has 0 radical (unpaired) electrons. The van der Waals surface area contributed by atoms with Crippen molar-refractivity contribution >= 4 is 17.7 Å². The minimum absolute atomic E-state index is 0.125. The van der Waals surface area contributed by atoms with E-state index in [-0.39, 0.29) is 5.91 Å². The Hall–Kier alpha value is -1.94. The SMILES string of the molecule is COc1ccc(CN(C)C(=O)CSc2ccccc2)cc1. The summed E-state index contributed by atoms with van der Waals surface area (Å²) in [6.07, 6.45) is 0. The van der Waals surface area contributed by atoms with Gasteiger partial charge in [-0.1, -0.05) is 30.3 Å². The van der Waals surface area contributed by atoms with Crippen molar-refractivity contribution in [2.75, 3.05) is 19.9 Å². The highest BCUT2D eigenvalue weighted by molar-refractivity contribution is 8.00. The summed E-state index contributed by atoms with van der Waals surface area (Å²) in [5.41, 5.74) is 1.09. The van der Waals surface area contributed by atoms with Crippen LogP contribution in [0.1, 0.15) is 5.56 Å². The maximum atomic E-state index is 12.1. The lowest BCUT2D eigenvalue weighted by atomic mass is 10.2. The number of amides is 1. The van der Waals surface area contributed by atoms with Crippen LogP contribution in [0, 0.1) is 0 Å². The second-order valence-corrected chi connectivity index (χ2v) is 5.75. The molecule has 3 nitrogen and oxygen atoms in total. The smallest absolute Gasteiger partial charge is 0.232 e. The normalized spacial score (nSPS) is 10.2. The molecular formula is C17H19NO2S. The molecule has 4 heteroatoms. The number of hydrogen-bond donors (Lipinski definition) is 0. The van der Waals surface area contributed by atoms with E-state index < -0.39 is 0 Å². The van der Waals surface area contributed by atoms with E-state index in [4.69, 9.17) is 4.74 Å². The lowest BCUT2D eigenvalue weighted by Gasteiger charge is -2.17. The molecule has 2 aromatic rings. The van der Waals surface area contributed by atoms with E-state index in [0.29, 0.717) is 12.3 Å². The summed E-state index contributed by atoms with van der Waals surface area (Å²) in [4.78, 5) is 15.0. The molecule has 0 unspecified atom stereocenters. The fraction of sp³-hybridized carbons (Fsp3) is 0.235. The van der Waals surface area contributed by atoms with Crippen LogP contribution >= 0.6 is 11.8 Å². The van der Waals surface area contributed by atoms with Gasteiger partial charge in [0.2, 0.25) is 5.91 Å². The van der Waals surface area contributed by atoms with Crippen molar-refractivity contribution in [3.63, 3.8) is 0 Å². The van der Waals surface area contributed by atoms with Crippen LogP contribution in [0.4, 0.5) is 0 Å². The van der Waals surface area contributed by atoms with E-state index in [1.807, 2.05) is 61.6 Å². The van der Waals surface area contributed by atoms with Gasteiger partial charge in [-0.05, 0) is 29.8 Å². The van der Waals surface area contributed by atoms with Crippen molar-refractivity contribution in [1.29, 1.82) is 0 Å². The summed E-state index contributed by atoms with van der Waals surface area (Å²) in [6, 6.07) is 17.7. The highest BCUT2D eigenvalue weighted by Gasteiger charge is 2.09. The Labute approximate surface area is 129 Å². The molecule has 110 valence electrons. The van der Waals surface area contributed by atoms with Crippen molar-refractivity contribution in [1.82, 2.24) is 4.90 Å². The Bertz CT molecular complexity index is 569. The van der Waals surface area contributed by atoms with Crippen LogP contribution in [-0.2, 0) is 11.3 Å². The van der Waals surface area contributed by atoms with Crippen LogP contribution in [-0.4, -0.2) is 30.7 Å². The van der Waals surface area contributed by atoms with Gasteiger partial charge in [0.05, 0.1) is 12.9 Å². The molecule has 0 aliphatic carbocycles. The van der Waals surface area contributed by atoms with Gasteiger partial charge in [0.25, 0.3) is 0 Å². The number of thioether (sulfide) groups is 1. The van der Waals surface area contributed by atoms with Gasteiger partial charge in [0, 0.05) is 18.5 Å². The van der Waals surface area contributed by atoms with Crippen LogP contribution in [0.15, 0.2) is 59.5 Å². The highest BCUT2D eigenvalue weighted by atomic mass is 32.2. The molecule has 0 aliphatic heterocycles. The van der Waals surface area contributed by atoms with Crippen molar-refractivity contribution < 1.29 is 9.53 Å². The highest BCUT2D eigenvalue weighted by Crippen LogP contribution is 2.18. The van der Waals surface area contributed by atoms with Gasteiger partial charge in [-0.3, -0.25) is 4.79 Å². The van der Waals surface area contributed by atoms with E-state index >= 15 is 0 Å². The van der Waals surface area contributed by atoms with Gasteiger partial charge in [-0.15, -0.1) is 11.8 Å². The zero-order valence-corrected chi connectivity index (χ0v) is 13.1. The van der Waals surface area contributed by atoms with Crippen LogP contribution in [0.5, 0.6) is 5.75 Å². The molecule has 2 rings (SSSR count). The maximum absolute atomic E-state index is 12.1. The lowest BCUT2D eigenvalue weighted by molar-refractivity contribution is -0.127. The fourth-order valence-electron chi connectivity index (χ4n) is 1.86. The minimum atomic E-state index is 0.125. The molecule has 0 saturated carbocycles. The molecule has 2 aromatic carbocycles. The van der Waals surface area contributed by atoms with Crippen molar-refractivity contribution in [2.45, 2.75) is 11.4 Å². The zero-order valence-electron chi connectivity index (χ0n) is 12.3. The fourth-order valence-corrected chi connectivity index (χ4v) is 2.73. The summed E-state index contributed by atoms with van der Waals surface area (Å²) in [7, 11) is 3.48. The number of carbonyl (C=O) groups is 1. The van der Waals surface area contributed by atoms with E-state index in [0.717, 1.165) is 16.2 Å². The molecule has 0 N–H and O–H groups in total. The molecule has 21 heavy (non-hydrogen) atoms. The summed E-state index contributed by atoms with van der Waals surface area (Å²) in [5, 5.41) is 0. The number of benzene rings is 2. The van der Waals surface area contributed by atoms with Gasteiger partial charge in [0.1, 0.15) is 5.75 Å². The number of nitrogens with zero attached hydrogens (tertiary/aromatic N) is 1. The molecule has 1 amide bonds. The summed E-state index contributed by atoms with van der Waals surface area (Å²) < 4.78 is 5.13. The predicted molar refractivity (Wildman–Crippen MR) is 86.6 cm³/mol. The molecule has 0 heterocycles. The maximum Gasteiger partial charge on any atom is 0.232 e. The first-order valence-electron chi connectivity index (χ1n) is 6.74. The lowest BCUT2D eigenvalue weighted by Crippen LogP contribution is -2.27. The number of hydrogen-bond acceptors (Lipinski definition) is 3. The first kappa shape index (κ1) is 15.4. The summed E-state index contributed by atoms with van der Waals surface area (Å²) in [6.45, 7) is 0.609. The molecular weight excluding hydrogens is 282 g/mol. The standard InChI is InChI=1S/C17H19NO2S/c1-18(12-14-8-10-15(20-2)11-9-14)17(19)13-21-16-6-4-3-5-7-16/h3-11H,12-13H2,1-2H3. The van der Waals surface area contributed by atoms with E-state index in [2.05, 4.69) is 0 Å². The van der Waals surface area contributed by atoms with Crippen molar-refractivity contribution in [3.05, 3.63) is 60.2 Å². The monoisotopic (exact) mass is 301 g/mol. The molecule has 0 aromatic heterocycles. The van der Waals surface area contributed by atoms with Crippen molar-refractivity contribution in [3.8, 4) is 5.75 Å². The molecule has 0 fully saturated rings. The molecule has 0 aliphatic rings. The third-order valence-corrected chi connectivity index (χ3v) is 4.11. The topological polar surface area (TPSA) is 29.5 Å². The molecule has 0 saturated heterocycles. The van der Waals surface area contributed by atoms with Crippen LogP contribution in [0.25, 0.3) is 0 Å². The number of methoxy groups -OCH3 is 1. The van der Waals surface area contributed by atoms with Gasteiger partial charge in [-0.25, -0.2) is 0 Å². The first-order chi connectivity index (χ1) is 10.2. The predicted octanol–water partition coefficient (Wildman–Crippen LogP) is 3.45. The molecule has 0 bridgehead atoms. The number of rotatable bonds is 6. The summed E-state index contributed by atoms with van der Waals surface area (Å²) >= 11 is 1.56. The van der Waals surface area contributed by atoms with Crippen LogP contribution < -0.4 is 4.74 Å². The zero-order chi connectivity index (χ0) is 15.1. The largest absolute Gasteiger partial charge is 0.497 e. The number of carbonyl (C=O) groups excluding carboxylic acids is 1. The second-order valence-electron chi connectivity index (χ2n) is 4.70. The van der Waals surface area contributed by atoms with Gasteiger partial charge >= 0.3 is 0 Å². The van der Waals surface area contributed by atoms with E-state index in [1.165, 1.54) is 0 Å². The van der Waals surface area contributed by atoms with Crippen molar-refractivity contribution in [2.24, 2.45) is 0 Å². The Kier molecular flexibility index (Phi) is 5.69. The third kappa shape index (κ3) is 4.83. The molecule has 0 spiro atoms. The third-order valence-electron chi connectivity index (χ3n) is 3.11. The average molecular weight is 301 g/mol. The van der Waals surface area contributed by atoms with E-state index in [9.17, 15) is 4.79 Å². The first-order valence-corrected chi connectivity index (χ1v) is 7.72. The average Bonchev–Trinajstić information content (AvgIpc) is 2.54. The van der Waals surface area contributed by atoms with Gasteiger partial charge < -0.3 is 9.64 Å². The van der Waals surface area contributed by atoms with E-state index in [1.54, 1.807) is 23.8 Å². The Morgan fingerprint density at radius 3 is 2.38 bits per heavy atom. The Morgan fingerprint density at radius 1 is 1.10 bits per heavy atom. The van der Waals surface area contributed by atoms with Gasteiger partial charge in [0.15, 0.2) is 0 Å². The Balaban J connectivity index is 1.84. The Morgan fingerprint density at radius 2 is 1.76 bits per heavy atom.